The van der Waals surface area contributed by atoms with Crippen LogP contribution in [0.1, 0.15) is 17.0 Å². The molecule has 11 nitrogen and oxygen atoms in total. The third-order valence-corrected chi connectivity index (χ3v) is 7.68. The van der Waals surface area contributed by atoms with Crippen LogP contribution in [0.25, 0.3) is 22.2 Å². The standard InChI is InChI=1S/C28H26N6O5S/c1-17-14-23-21(18(2)31-17)11-12-25(35)34(23)16-19-7-9-20(10-8-19)26-24(6-5-13-29-26)40(36,37)33-22-15-30-28(39-4)32-27(22)38-3/h5-15,33H,16H2,1-4H3. The zero-order valence-electron chi connectivity index (χ0n) is 22.2. The molecule has 5 rings (SSSR count). The summed E-state index contributed by atoms with van der Waals surface area (Å²) in [6.45, 7) is 4.16. The number of pyridine rings is 3. The van der Waals surface area contributed by atoms with Crippen molar-refractivity contribution in [3.63, 3.8) is 0 Å². The first-order valence-corrected chi connectivity index (χ1v) is 13.7. The summed E-state index contributed by atoms with van der Waals surface area (Å²) >= 11 is 0. The second-order valence-electron chi connectivity index (χ2n) is 8.97. The molecule has 204 valence electrons. The number of methoxy groups -OCH3 is 2. The molecule has 0 radical (unpaired) electrons. The molecule has 40 heavy (non-hydrogen) atoms. The molecule has 1 N–H and O–H groups in total. The Hall–Kier alpha value is -4.84. The molecule has 0 unspecified atom stereocenters. The van der Waals surface area contributed by atoms with E-state index in [1.54, 1.807) is 34.9 Å². The van der Waals surface area contributed by atoms with E-state index in [0.717, 1.165) is 27.9 Å². The van der Waals surface area contributed by atoms with Gasteiger partial charge in [0.2, 0.25) is 5.88 Å². The fourth-order valence-electron chi connectivity index (χ4n) is 4.42. The van der Waals surface area contributed by atoms with Crippen LogP contribution < -0.4 is 19.8 Å². The molecule has 0 spiro atoms. The van der Waals surface area contributed by atoms with Crippen LogP contribution in [0.3, 0.4) is 0 Å². The molecule has 12 heteroatoms. The topological polar surface area (TPSA) is 138 Å². The number of sulfonamides is 1. The van der Waals surface area contributed by atoms with E-state index in [1.165, 1.54) is 32.7 Å². The van der Waals surface area contributed by atoms with Gasteiger partial charge in [-0.1, -0.05) is 24.3 Å². The van der Waals surface area contributed by atoms with Crippen molar-refractivity contribution in [2.75, 3.05) is 18.9 Å². The van der Waals surface area contributed by atoms with E-state index in [4.69, 9.17) is 9.47 Å². The van der Waals surface area contributed by atoms with Gasteiger partial charge < -0.3 is 14.0 Å². The first-order valence-electron chi connectivity index (χ1n) is 12.2. The second kappa shape index (κ2) is 10.7. The van der Waals surface area contributed by atoms with E-state index >= 15 is 0 Å². The monoisotopic (exact) mass is 558 g/mol. The highest BCUT2D eigenvalue weighted by Gasteiger charge is 2.23. The van der Waals surface area contributed by atoms with Crippen molar-refractivity contribution in [3.05, 3.63) is 94.3 Å². The Bertz CT molecular complexity index is 1890. The van der Waals surface area contributed by atoms with Crippen LogP contribution in [-0.4, -0.2) is 47.1 Å². The number of benzene rings is 1. The molecule has 0 aliphatic carbocycles. The van der Waals surface area contributed by atoms with Crippen LogP contribution in [0.15, 0.2) is 76.7 Å². The number of nitrogens with zero attached hydrogens (tertiary/aromatic N) is 5. The van der Waals surface area contributed by atoms with Crippen molar-refractivity contribution in [3.8, 4) is 23.1 Å². The van der Waals surface area contributed by atoms with E-state index in [1.807, 2.05) is 32.0 Å². The Kier molecular flexibility index (Phi) is 7.18. The minimum absolute atomic E-state index is 0.00932. The minimum atomic E-state index is -4.11. The van der Waals surface area contributed by atoms with Crippen molar-refractivity contribution >= 4 is 26.6 Å². The molecule has 4 aromatic heterocycles. The van der Waals surface area contributed by atoms with Crippen molar-refractivity contribution in [2.45, 2.75) is 25.3 Å². The summed E-state index contributed by atoms with van der Waals surface area (Å²) < 4.78 is 41.2. The second-order valence-corrected chi connectivity index (χ2v) is 10.6. The number of hydrogen-bond donors (Lipinski definition) is 1. The van der Waals surface area contributed by atoms with Crippen molar-refractivity contribution in [1.82, 2.24) is 24.5 Å². The summed E-state index contributed by atoms with van der Waals surface area (Å²) in [5.41, 5.74) is 4.14. The van der Waals surface area contributed by atoms with Gasteiger partial charge in [0.1, 0.15) is 10.6 Å². The van der Waals surface area contributed by atoms with Gasteiger partial charge in [-0.25, -0.2) is 13.4 Å². The van der Waals surface area contributed by atoms with E-state index < -0.39 is 10.0 Å². The molecular weight excluding hydrogens is 532 g/mol. The largest absolute Gasteiger partial charge is 0.479 e. The molecule has 0 fully saturated rings. The number of aryl methyl sites for hydroxylation is 2. The van der Waals surface area contributed by atoms with Gasteiger partial charge >= 0.3 is 6.01 Å². The molecular formula is C28H26N6O5S. The lowest BCUT2D eigenvalue weighted by Crippen LogP contribution is -2.20. The Morgan fingerprint density at radius 2 is 1.73 bits per heavy atom. The number of rotatable bonds is 8. The van der Waals surface area contributed by atoms with Crippen molar-refractivity contribution in [1.29, 1.82) is 0 Å². The Balaban J connectivity index is 1.47. The minimum Gasteiger partial charge on any atom is -0.479 e. The summed E-state index contributed by atoms with van der Waals surface area (Å²) in [5, 5.41) is 0.913. The van der Waals surface area contributed by atoms with Gasteiger partial charge in [-0.3, -0.25) is 19.5 Å². The summed E-state index contributed by atoms with van der Waals surface area (Å²) in [4.78, 5) is 29.6. The lowest BCUT2D eigenvalue weighted by Gasteiger charge is -2.14. The molecule has 0 amide bonds. The van der Waals surface area contributed by atoms with Crippen LogP contribution in [-0.2, 0) is 16.6 Å². The smallest absolute Gasteiger partial charge is 0.319 e. The van der Waals surface area contributed by atoms with E-state index in [0.29, 0.717) is 12.1 Å². The maximum atomic E-state index is 13.4. The molecule has 0 saturated carbocycles. The predicted octanol–water partition coefficient (Wildman–Crippen LogP) is 3.73. The lowest BCUT2D eigenvalue weighted by atomic mass is 10.1. The van der Waals surface area contributed by atoms with E-state index in [-0.39, 0.29) is 33.7 Å². The SMILES string of the molecule is COc1ncc(NS(=O)(=O)c2cccnc2-c2ccc(Cn3c(=O)ccc4c(C)nc(C)cc43)cc2)c(OC)n1. The number of ether oxygens (including phenoxy) is 2. The average molecular weight is 559 g/mol. The van der Waals surface area contributed by atoms with Gasteiger partial charge in [0.15, 0.2) is 0 Å². The predicted molar refractivity (Wildman–Crippen MR) is 150 cm³/mol. The van der Waals surface area contributed by atoms with Crippen molar-refractivity contribution < 1.29 is 17.9 Å². The molecule has 4 heterocycles. The van der Waals surface area contributed by atoms with E-state index in [2.05, 4.69) is 24.7 Å². The summed E-state index contributed by atoms with van der Waals surface area (Å²) in [5.74, 6) is 0.00932. The Morgan fingerprint density at radius 3 is 2.45 bits per heavy atom. The normalized spacial score (nSPS) is 11.4. The van der Waals surface area contributed by atoms with Crippen molar-refractivity contribution in [2.24, 2.45) is 0 Å². The molecule has 0 bridgehead atoms. The summed E-state index contributed by atoms with van der Waals surface area (Å²) in [7, 11) is -1.35. The number of hydrogen-bond acceptors (Lipinski definition) is 9. The van der Waals surface area contributed by atoms with Crippen LogP contribution in [0.2, 0.25) is 0 Å². The number of anilines is 1. The summed E-state index contributed by atoms with van der Waals surface area (Å²) in [6.07, 6.45) is 2.79. The molecule has 0 saturated heterocycles. The molecule has 0 aliphatic heterocycles. The van der Waals surface area contributed by atoms with Crippen LogP contribution >= 0.6 is 0 Å². The molecule has 0 atom stereocenters. The lowest BCUT2D eigenvalue weighted by molar-refractivity contribution is 0.353. The third kappa shape index (κ3) is 5.21. The molecule has 5 aromatic rings. The Labute approximate surface area is 230 Å². The van der Waals surface area contributed by atoms with Gasteiger partial charge in [0, 0.05) is 34.6 Å². The third-order valence-electron chi connectivity index (χ3n) is 6.29. The van der Waals surface area contributed by atoms with Gasteiger partial charge in [0.25, 0.3) is 15.6 Å². The van der Waals surface area contributed by atoms with Gasteiger partial charge in [-0.05, 0) is 43.7 Å². The highest BCUT2D eigenvalue weighted by molar-refractivity contribution is 7.92. The average Bonchev–Trinajstić information content (AvgIpc) is 2.95. The number of nitrogens with one attached hydrogen (secondary N) is 1. The quantitative estimate of drug-likeness (QED) is 0.302. The first kappa shape index (κ1) is 26.8. The fraction of sp³-hybridized carbons (Fsp3) is 0.179. The zero-order valence-corrected chi connectivity index (χ0v) is 23.1. The fourth-order valence-corrected chi connectivity index (χ4v) is 5.65. The molecule has 1 aromatic carbocycles. The number of fused-ring (bicyclic) bond motifs is 1. The van der Waals surface area contributed by atoms with Crippen LogP contribution in [0.4, 0.5) is 5.69 Å². The van der Waals surface area contributed by atoms with Crippen LogP contribution in [0.5, 0.6) is 11.9 Å². The van der Waals surface area contributed by atoms with Crippen LogP contribution in [0, 0.1) is 13.8 Å². The highest BCUT2D eigenvalue weighted by Crippen LogP contribution is 2.30. The maximum absolute atomic E-state index is 13.4. The van der Waals surface area contributed by atoms with Gasteiger partial charge in [-0.2, -0.15) is 4.98 Å². The highest BCUT2D eigenvalue weighted by atomic mass is 32.2. The summed E-state index contributed by atoms with van der Waals surface area (Å²) in [6, 6.07) is 15.5. The maximum Gasteiger partial charge on any atom is 0.319 e. The first-order chi connectivity index (χ1) is 19.2. The van der Waals surface area contributed by atoms with Gasteiger partial charge in [-0.15, -0.1) is 0 Å². The van der Waals surface area contributed by atoms with E-state index in [9.17, 15) is 13.2 Å². The molecule has 0 aliphatic rings. The van der Waals surface area contributed by atoms with Gasteiger partial charge in [0.05, 0.1) is 38.2 Å². The zero-order chi connectivity index (χ0) is 28.4. The Morgan fingerprint density at radius 1 is 0.950 bits per heavy atom. The number of aromatic nitrogens is 5.